The summed E-state index contributed by atoms with van der Waals surface area (Å²) in [5.41, 5.74) is 2.24. The van der Waals surface area contributed by atoms with E-state index in [9.17, 15) is 14.0 Å². The van der Waals surface area contributed by atoms with E-state index in [0.29, 0.717) is 26.2 Å². The van der Waals surface area contributed by atoms with Crippen LogP contribution < -0.4 is 5.32 Å². The van der Waals surface area contributed by atoms with Crippen molar-refractivity contribution in [1.29, 1.82) is 0 Å². The second-order valence-electron chi connectivity index (χ2n) is 5.66. The first-order valence-electron chi connectivity index (χ1n) is 7.67. The molecule has 25 heavy (non-hydrogen) atoms. The van der Waals surface area contributed by atoms with Crippen molar-refractivity contribution in [3.05, 3.63) is 64.3 Å². The molecule has 2 aromatic carbocycles. The SMILES string of the molecule is Cc1ccc(NC(=O)COC(=O)c2sc3cccc(F)c3c2C)cc1. The Labute approximate surface area is 148 Å². The smallest absolute Gasteiger partial charge is 0.349 e. The number of halogens is 1. The van der Waals surface area contributed by atoms with Crippen LogP contribution in [-0.4, -0.2) is 18.5 Å². The zero-order chi connectivity index (χ0) is 18.0. The van der Waals surface area contributed by atoms with Gasteiger partial charge in [-0.1, -0.05) is 23.8 Å². The second-order valence-corrected chi connectivity index (χ2v) is 6.71. The van der Waals surface area contributed by atoms with Gasteiger partial charge in [0.1, 0.15) is 10.7 Å². The number of rotatable bonds is 4. The van der Waals surface area contributed by atoms with Crippen LogP contribution in [0.3, 0.4) is 0 Å². The number of benzene rings is 2. The number of thiophene rings is 1. The van der Waals surface area contributed by atoms with Crippen LogP contribution in [0.5, 0.6) is 0 Å². The number of hydrogen-bond donors (Lipinski definition) is 1. The zero-order valence-electron chi connectivity index (χ0n) is 13.8. The van der Waals surface area contributed by atoms with E-state index in [1.807, 2.05) is 19.1 Å². The Kier molecular flexibility index (Phi) is 4.81. The summed E-state index contributed by atoms with van der Waals surface area (Å²) in [6.45, 7) is 3.22. The Morgan fingerprint density at radius 1 is 1.12 bits per heavy atom. The topological polar surface area (TPSA) is 55.4 Å². The molecule has 1 aromatic heterocycles. The summed E-state index contributed by atoms with van der Waals surface area (Å²) in [6, 6.07) is 12.0. The van der Waals surface area contributed by atoms with Crippen LogP contribution in [0.15, 0.2) is 42.5 Å². The lowest BCUT2D eigenvalue weighted by Crippen LogP contribution is -2.20. The van der Waals surface area contributed by atoms with Crippen LogP contribution >= 0.6 is 11.3 Å². The van der Waals surface area contributed by atoms with E-state index in [-0.39, 0.29) is 5.82 Å². The van der Waals surface area contributed by atoms with E-state index in [1.54, 1.807) is 31.2 Å². The summed E-state index contributed by atoms with van der Waals surface area (Å²) < 4.78 is 19.6. The van der Waals surface area contributed by atoms with Gasteiger partial charge >= 0.3 is 5.97 Å². The van der Waals surface area contributed by atoms with Gasteiger partial charge in [-0.15, -0.1) is 11.3 Å². The van der Waals surface area contributed by atoms with Crippen molar-refractivity contribution in [2.24, 2.45) is 0 Å². The molecule has 128 valence electrons. The van der Waals surface area contributed by atoms with Gasteiger partial charge in [-0.05, 0) is 43.7 Å². The maximum atomic E-state index is 13.9. The lowest BCUT2D eigenvalue weighted by molar-refractivity contribution is -0.119. The average molecular weight is 357 g/mol. The molecular weight excluding hydrogens is 341 g/mol. The monoisotopic (exact) mass is 357 g/mol. The highest BCUT2D eigenvalue weighted by Gasteiger charge is 2.19. The van der Waals surface area contributed by atoms with Crippen molar-refractivity contribution in [1.82, 2.24) is 0 Å². The Balaban J connectivity index is 1.66. The molecule has 0 aliphatic carbocycles. The third-order valence-corrected chi connectivity index (χ3v) is 5.00. The molecular formula is C19H16FNO3S. The highest BCUT2D eigenvalue weighted by Crippen LogP contribution is 2.32. The van der Waals surface area contributed by atoms with E-state index in [0.717, 1.165) is 16.9 Å². The van der Waals surface area contributed by atoms with Gasteiger partial charge in [0, 0.05) is 15.8 Å². The molecule has 0 aliphatic rings. The number of carbonyl (C=O) groups excluding carboxylic acids is 2. The minimum absolute atomic E-state index is 0.309. The molecule has 4 nitrogen and oxygen atoms in total. The number of anilines is 1. The quantitative estimate of drug-likeness (QED) is 0.702. The number of esters is 1. The summed E-state index contributed by atoms with van der Waals surface area (Å²) >= 11 is 1.16. The van der Waals surface area contributed by atoms with Crippen molar-refractivity contribution in [2.45, 2.75) is 13.8 Å². The molecule has 0 saturated carbocycles. The third kappa shape index (κ3) is 3.69. The van der Waals surface area contributed by atoms with Gasteiger partial charge in [0.05, 0.1) is 0 Å². The van der Waals surface area contributed by atoms with Gasteiger partial charge in [-0.3, -0.25) is 4.79 Å². The summed E-state index contributed by atoms with van der Waals surface area (Å²) in [7, 11) is 0. The van der Waals surface area contributed by atoms with Crippen LogP contribution in [0.1, 0.15) is 20.8 Å². The van der Waals surface area contributed by atoms with Crippen molar-refractivity contribution >= 4 is 39.0 Å². The summed E-state index contributed by atoms with van der Waals surface area (Å²) in [6.07, 6.45) is 0. The highest BCUT2D eigenvalue weighted by atomic mass is 32.1. The van der Waals surface area contributed by atoms with Gasteiger partial charge in [0.15, 0.2) is 6.61 Å². The van der Waals surface area contributed by atoms with Crippen molar-refractivity contribution in [3.63, 3.8) is 0 Å². The molecule has 0 unspecified atom stereocenters. The lowest BCUT2D eigenvalue weighted by Gasteiger charge is -2.06. The van der Waals surface area contributed by atoms with Crippen molar-refractivity contribution < 1.29 is 18.7 Å². The number of amides is 1. The number of aryl methyl sites for hydroxylation is 2. The Hall–Kier alpha value is -2.73. The highest BCUT2D eigenvalue weighted by molar-refractivity contribution is 7.21. The molecule has 1 N–H and O–H groups in total. The molecule has 3 rings (SSSR count). The van der Waals surface area contributed by atoms with Crippen LogP contribution in [0.4, 0.5) is 10.1 Å². The normalized spacial score (nSPS) is 10.7. The van der Waals surface area contributed by atoms with Gasteiger partial charge in [0.25, 0.3) is 5.91 Å². The number of fused-ring (bicyclic) bond motifs is 1. The molecule has 0 bridgehead atoms. The number of nitrogens with one attached hydrogen (secondary N) is 1. The van der Waals surface area contributed by atoms with Gasteiger partial charge in [-0.25, -0.2) is 9.18 Å². The first kappa shape index (κ1) is 17.1. The van der Waals surface area contributed by atoms with E-state index in [4.69, 9.17) is 4.74 Å². The summed E-state index contributed by atoms with van der Waals surface area (Å²) in [4.78, 5) is 24.4. The fraction of sp³-hybridized carbons (Fsp3) is 0.158. The fourth-order valence-corrected chi connectivity index (χ4v) is 3.60. The van der Waals surface area contributed by atoms with Crippen LogP contribution in [0, 0.1) is 19.7 Å². The molecule has 1 heterocycles. The zero-order valence-corrected chi connectivity index (χ0v) is 14.6. The maximum Gasteiger partial charge on any atom is 0.349 e. The third-order valence-electron chi connectivity index (χ3n) is 3.76. The Morgan fingerprint density at radius 3 is 2.52 bits per heavy atom. The van der Waals surface area contributed by atoms with Gasteiger partial charge < -0.3 is 10.1 Å². The van der Waals surface area contributed by atoms with E-state index in [2.05, 4.69) is 5.32 Å². The van der Waals surface area contributed by atoms with Crippen molar-refractivity contribution in [3.8, 4) is 0 Å². The van der Waals surface area contributed by atoms with Crippen LogP contribution in [-0.2, 0) is 9.53 Å². The number of carbonyl (C=O) groups is 2. The van der Waals surface area contributed by atoms with E-state index in [1.165, 1.54) is 6.07 Å². The lowest BCUT2D eigenvalue weighted by atomic mass is 10.1. The molecule has 0 atom stereocenters. The maximum absolute atomic E-state index is 13.9. The van der Waals surface area contributed by atoms with Crippen molar-refractivity contribution in [2.75, 3.05) is 11.9 Å². The predicted molar refractivity (Wildman–Crippen MR) is 96.6 cm³/mol. The summed E-state index contributed by atoms with van der Waals surface area (Å²) in [5.74, 6) is -1.43. The second kappa shape index (κ2) is 7.03. The molecule has 6 heteroatoms. The predicted octanol–water partition coefficient (Wildman–Crippen LogP) is 4.45. The van der Waals surface area contributed by atoms with Gasteiger partial charge in [-0.2, -0.15) is 0 Å². The van der Waals surface area contributed by atoms with Crippen LogP contribution in [0.25, 0.3) is 10.1 Å². The van der Waals surface area contributed by atoms with E-state index >= 15 is 0 Å². The first-order valence-corrected chi connectivity index (χ1v) is 8.48. The Bertz CT molecular complexity index is 947. The molecule has 0 saturated heterocycles. The minimum Gasteiger partial charge on any atom is -0.451 e. The number of hydrogen-bond acceptors (Lipinski definition) is 4. The van der Waals surface area contributed by atoms with Crippen LogP contribution in [0.2, 0.25) is 0 Å². The molecule has 0 aliphatic heterocycles. The number of ether oxygens (including phenoxy) is 1. The van der Waals surface area contributed by atoms with Gasteiger partial charge in [0.2, 0.25) is 0 Å². The standard InChI is InChI=1S/C19H16FNO3S/c1-11-6-8-13(9-7-11)21-16(22)10-24-19(23)18-12(2)17-14(20)4-3-5-15(17)25-18/h3-9H,10H2,1-2H3,(H,21,22). The average Bonchev–Trinajstić information content (AvgIpc) is 2.93. The molecule has 3 aromatic rings. The first-order chi connectivity index (χ1) is 12.0. The van der Waals surface area contributed by atoms with E-state index < -0.39 is 18.5 Å². The Morgan fingerprint density at radius 2 is 1.84 bits per heavy atom. The molecule has 0 spiro atoms. The molecule has 1 amide bonds. The molecule has 0 radical (unpaired) electrons. The summed E-state index contributed by atoms with van der Waals surface area (Å²) in [5, 5.41) is 3.07. The fourth-order valence-electron chi connectivity index (χ4n) is 2.48. The minimum atomic E-state index is -0.628. The largest absolute Gasteiger partial charge is 0.451 e. The molecule has 0 fully saturated rings.